The molecule has 1 fully saturated rings. The summed E-state index contributed by atoms with van der Waals surface area (Å²) in [5.41, 5.74) is 0. The monoisotopic (exact) mass is 226 g/mol. The molecule has 1 aliphatic rings. The van der Waals surface area contributed by atoms with Crippen molar-refractivity contribution in [2.75, 3.05) is 0 Å². The summed E-state index contributed by atoms with van der Waals surface area (Å²) in [6, 6.07) is 0. The van der Waals surface area contributed by atoms with Gasteiger partial charge >= 0.3 is 0 Å². The van der Waals surface area contributed by atoms with Crippen molar-refractivity contribution in [3.8, 4) is 0 Å². The van der Waals surface area contributed by atoms with Gasteiger partial charge in [0.1, 0.15) is 0 Å². The molecule has 1 saturated carbocycles. The van der Waals surface area contributed by atoms with Crippen molar-refractivity contribution in [3.63, 3.8) is 0 Å². The van der Waals surface area contributed by atoms with Gasteiger partial charge in [0.15, 0.2) is 0 Å². The highest BCUT2D eigenvalue weighted by Gasteiger charge is 2.55. The van der Waals surface area contributed by atoms with Gasteiger partial charge in [0.05, 0.1) is 3.23 Å². The molecule has 0 aliphatic heterocycles. The summed E-state index contributed by atoms with van der Waals surface area (Å²) in [7, 11) is 0. The van der Waals surface area contributed by atoms with Gasteiger partial charge in [0, 0.05) is 0 Å². The molecule has 0 N–H and O–H groups in total. The summed E-state index contributed by atoms with van der Waals surface area (Å²) in [6.07, 6.45) is 0. The summed E-state index contributed by atoms with van der Waals surface area (Å²) < 4.78 is 0.292. The molecule has 0 unspecified atom stereocenters. The molecule has 0 saturated heterocycles. The first-order chi connectivity index (χ1) is 3.07. The highest BCUT2D eigenvalue weighted by atomic mass is 79.9. The van der Waals surface area contributed by atoms with Crippen molar-refractivity contribution < 1.29 is 0 Å². The average molecular weight is 228 g/mol. The Morgan fingerprint density at radius 2 is 1.29 bits per heavy atom. The van der Waals surface area contributed by atoms with E-state index < -0.39 is 0 Å². The summed E-state index contributed by atoms with van der Waals surface area (Å²) in [4.78, 5) is 0. The smallest absolute Gasteiger partial charge is 0.0721 e. The normalized spacial score (nSPS) is 46.3. The zero-order valence-electron chi connectivity index (χ0n) is 4.41. The highest BCUT2D eigenvalue weighted by molar-refractivity contribution is 9.25. The first-order valence-corrected chi connectivity index (χ1v) is 4.03. The fourth-order valence-electron chi connectivity index (χ4n) is 0.674. The lowest BCUT2D eigenvalue weighted by atomic mass is 10.4. The van der Waals surface area contributed by atoms with Crippen molar-refractivity contribution in [2.45, 2.75) is 17.1 Å². The Morgan fingerprint density at radius 1 is 1.14 bits per heavy atom. The third-order valence-corrected chi connectivity index (χ3v) is 4.74. The van der Waals surface area contributed by atoms with Crippen molar-refractivity contribution in [1.29, 1.82) is 0 Å². The molecule has 1 aliphatic carbocycles. The summed E-state index contributed by atoms with van der Waals surface area (Å²) in [6.45, 7) is 4.46. The van der Waals surface area contributed by atoms with Gasteiger partial charge in [-0.15, -0.1) is 0 Å². The number of halogens is 2. The predicted molar refractivity (Wildman–Crippen MR) is 38.9 cm³/mol. The lowest BCUT2D eigenvalue weighted by Crippen LogP contribution is -1.82. The first-order valence-electron chi connectivity index (χ1n) is 2.44. The molecular formula is C5H8Br2. The maximum atomic E-state index is 3.53. The topological polar surface area (TPSA) is 0 Å². The van der Waals surface area contributed by atoms with Gasteiger partial charge in [-0.05, 0) is 11.8 Å². The predicted octanol–water partition coefficient (Wildman–Crippen LogP) is 2.76. The third kappa shape index (κ3) is 0.765. The standard InChI is InChI=1S/C5H8Br2/c1-3-4(2)5(3,6)7/h3-4H,1-2H3/t3-,4+. The maximum Gasteiger partial charge on any atom is 0.0862 e. The van der Waals surface area contributed by atoms with Crippen LogP contribution in [0.1, 0.15) is 13.8 Å². The van der Waals surface area contributed by atoms with Crippen LogP contribution in [-0.2, 0) is 0 Å². The van der Waals surface area contributed by atoms with Gasteiger partial charge in [0.25, 0.3) is 0 Å². The molecule has 0 bridgehead atoms. The minimum absolute atomic E-state index is 0.292. The molecule has 0 radical (unpaired) electrons. The van der Waals surface area contributed by atoms with Crippen LogP contribution in [0.3, 0.4) is 0 Å². The van der Waals surface area contributed by atoms with E-state index in [1.807, 2.05) is 0 Å². The van der Waals surface area contributed by atoms with Crippen molar-refractivity contribution >= 4 is 31.9 Å². The van der Waals surface area contributed by atoms with Gasteiger partial charge in [-0.2, -0.15) is 0 Å². The molecule has 2 atom stereocenters. The Morgan fingerprint density at radius 3 is 1.29 bits per heavy atom. The van der Waals surface area contributed by atoms with E-state index in [0.29, 0.717) is 3.23 Å². The second-order valence-electron chi connectivity index (χ2n) is 2.25. The number of hydrogen-bond acceptors (Lipinski definition) is 0. The molecule has 0 spiro atoms. The van der Waals surface area contributed by atoms with Crippen molar-refractivity contribution in [1.82, 2.24) is 0 Å². The molecule has 7 heavy (non-hydrogen) atoms. The van der Waals surface area contributed by atoms with Gasteiger partial charge in [-0.3, -0.25) is 0 Å². The lowest BCUT2D eigenvalue weighted by Gasteiger charge is -1.88. The Labute approximate surface area is 60.9 Å². The minimum Gasteiger partial charge on any atom is -0.0721 e. The molecule has 0 heterocycles. The SMILES string of the molecule is C[C@@H]1[C@H](C)C1(Br)Br. The van der Waals surface area contributed by atoms with E-state index in [0.717, 1.165) is 11.8 Å². The largest absolute Gasteiger partial charge is 0.0862 e. The van der Waals surface area contributed by atoms with Gasteiger partial charge < -0.3 is 0 Å². The molecular weight excluding hydrogens is 220 g/mol. The van der Waals surface area contributed by atoms with E-state index in [1.54, 1.807) is 0 Å². The van der Waals surface area contributed by atoms with Crippen LogP contribution in [0.2, 0.25) is 0 Å². The van der Waals surface area contributed by atoms with Crippen LogP contribution in [0.5, 0.6) is 0 Å². The number of alkyl halides is 2. The third-order valence-electron chi connectivity index (χ3n) is 1.86. The Kier molecular flexibility index (Phi) is 1.28. The van der Waals surface area contributed by atoms with Gasteiger partial charge in [0.2, 0.25) is 0 Å². The second kappa shape index (κ2) is 1.47. The fourth-order valence-corrected chi connectivity index (χ4v) is 2.00. The Hall–Kier alpha value is 0.960. The highest BCUT2D eigenvalue weighted by Crippen LogP contribution is 2.61. The van der Waals surface area contributed by atoms with E-state index in [4.69, 9.17) is 0 Å². The maximum absolute atomic E-state index is 3.53. The lowest BCUT2D eigenvalue weighted by molar-refractivity contribution is 0.834. The molecule has 42 valence electrons. The molecule has 1 rings (SSSR count). The van der Waals surface area contributed by atoms with Crippen LogP contribution in [0.25, 0.3) is 0 Å². The van der Waals surface area contributed by atoms with Crippen LogP contribution < -0.4 is 0 Å². The van der Waals surface area contributed by atoms with Crippen LogP contribution in [0.15, 0.2) is 0 Å². The van der Waals surface area contributed by atoms with Crippen LogP contribution in [0.4, 0.5) is 0 Å². The quantitative estimate of drug-likeness (QED) is 0.559. The number of hydrogen-bond donors (Lipinski definition) is 0. The zero-order chi connectivity index (χ0) is 5.65. The van der Waals surface area contributed by atoms with E-state index in [-0.39, 0.29) is 0 Å². The Balaban J connectivity index is 2.52. The van der Waals surface area contributed by atoms with Crippen LogP contribution >= 0.6 is 31.9 Å². The number of rotatable bonds is 0. The average Bonchev–Trinajstić information content (AvgIpc) is 1.91. The fraction of sp³-hybridized carbons (Fsp3) is 1.00. The molecule has 0 aromatic rings. The minimum atomic E-state index is 0.292. The zero-order valence-corrected chi connectivity index (χ0v) is 7.58. The van der Waals surface area contributed by atoms with Crippen LogP contribution in [-0.4, -0.2) is 3.23 Å². The van der Waals surface area contributed by atoms with Gasteiger partial charge in [-0.25, -0.2) is 0 Å². The van der Waals surface area contributed by atoms with E-state index in [9.17, 15) is 0 Å². The molecule has 0 nitrogen and oxygen atoms in total. The van der Waals surface area contributed by atoms with Crippen LogP contribution in [0, 0.1) is 11.8 Å². The van der Waals surface area contributed by atoms with E-state index in [2.05, 4.69) is 45.7 Å². The summed E-state index contributed by atoms with van der Waals surface area (Å²) >= 11 is 7.07. The second-order valence-corrected chi connectivity index (χ2v) is 5.94. The molecule has 0 aromatic heterocycles. The van der Waals surface area contributed by atoms with Crippen molar-refractivity contribution in [3.05, 3.63) is 0 Å². The molecule has 0 amide bonds. The first kappa shape index (κ1) is 6.09. The molecule has 2 heteroatoms. The van der Waals surface area contributed by atoms with Gasteiger partial charge in [-0.1, -0.05) is 45.7 Å². The summed E-state index contributed by atoms with van der Waals surface area (Å²) in [5, 5.41) is 0. The summed E-state index contributed by atoms with van der Waals surface area (Å²) in [5.74, 6) is 1.60. The molecule has 0 aromatic carbocycles. The Bertz CT molecular complexity index is 78.1. The van der Waals surface area contributed by atoms with Crippen molar-refractivity contribution in [2.24, 2.45) is 11.8 Å². The van der Waals surface area contributed by atoms with E-state index >= 15 is 0 Å². The van der Waals surface area contributed by atoms with E-state index in [1.165, 1.54) is 0 Å².